The molecule has 4 unspecified atom stereocenters. The lowest BCUT2D eigenvalue weighted by Crippen LogP contribution is -2.42. The van der Waals surface area contributed by atoms with Crippen molar-refractivity contribution in [3.05, 3.63) is 29.6 Å². The van der Waals surface area contributed by atoms with E-state index in [4.69, 9.17) is 5.73 Å². The molecule has 4 atom stereocenters. The quantitative estimate of drug-likeness (QED) is 0.826. The smallest absolute Gasteiger partial charge is 0.337 e. The number of rotatable bonds is 3. The number of fused-ring (bicyclic) bond motifs is 2. The van der Waals surface area contributed by atoms with Crippen LogP contribution < -0.4 is 11.1 Å². The van der Waals surface area contributed by atoms with Crippen molar-refractivity contribution >= 4 is 30.0 Å². The van der Waals surface area contributed by atoms with Crippen molar-refractivity contribution in [2.24, 2.45) is 23.5 Å². The number of halogens is 2. The zero-order valence-corrected chi connectivity index (χ0v) is 13.6. The maximum atomic E-state index is 13.9. The number of amides is 1. The van der Waals surface area contributed by atoms with Gasteiger partial charge in [0.25, 0.3) is 0 Å². The molecule has 3 rings (SSSR count). The molecular weight excluding hydrogens is 323 g/mol. The minimum absolute atomic E-state index is 0. The normalized spacial score (nSPS) is 28.1. The van der Waals surface area contributed by atoms with Crippen LogP contribution in [0.4, 0.5) is 10.1 Å². The number of methoxy groups -OCH3 is 1. The van der Waals surface area contributed by atoms with E-state index < -0.39 is 11.8 Å². The van der Waals surface area contributed by atoms with Crippen LogP contribution in [-0.4, -0.2) is 25.0 Å². The highest BCUT2D eigenvalue weighted by molar-refractivity contribution is 5.96. The molecule has 1 amide bonds. The summed E-state index contributed by atoms with van der Waals surface area (Å²) in [5.74, 6) is -1.02. The molecule has 0 radical (unpaired) electrons. The van der Waals surface area contributed by atoms with Gasteiger partial charge < -0.3 is 15.8 Å². The van der Waals surface area contributed by atoms with E-state index in [0.717, 1.165) is 25.3 Å². The maximum Gasteiger partial charge on any atom is 0.337 e. The first-order valence-corrected chi connectivity index (χ1v) is 7.45. The van der Waals surface area contributed by atoms with E-state index >= 15 is 0 Å². The third-order valence-corrected chi connectivity index (χ3v) is 4.93. The molecule has 3 N–H and O–H groups in total. The molecule has 2 saturated carbocycles. The van der Waals surface area contributed by atoms with Crippen LogP contribution in [0.1, 0.15) is 29.6 Å². The molecule has 0 aliphatic heterocycles. The molecule has 0 saturated heterocycles. The molecule has 2 fully saturated rings. The summed E-state index contributed by atoms with van der Waals surface area (Å²) in [5, 5.41) is 2.59. The van der Waals surface area contributed by atoms with Crippen molar-refractivity contribution in [1.29, 1.82) is 0 Å². The Bertz CT molecular complexity index is 623. The van der Waals surface area contributed by atoms with Gasteiger partial charge in [0.2, 0.25) is 5.91 Å². The van der Waals surface area contributed by atoms with E-state index in [1.807, 2.05) is 0 Å². The SMILES string of the molecule is COC(=O)c1ccc(F)c(NC(=O)C2C3CCC(C3)C2N)c1.Cl. The van der Waals surface area contributed by atoms with Crippen molar-refractivity contribution in [2.75, 3.05) is 12.4 Å². The van der Waals surface area contributed by atoms with Crippen molar-refractivity contribution < 1.29 is 18.7 Å². The maximum absolute atomic E-state index is 13.9. The predicted molar refractivity (Wildman–Crippen MR) is 85.9 cm³/mol. The molecule has 23 heavy (non-hydrogen) atoms. The first kappa shape index (κ1) is 17.7. The number of ether oxygens (including phenoxy) is 1. The molecule has 126 valence electrons. The standard InChI is InChI=1S/C16H19FN2O3.ClH/c1-22-16(21)10-4-5-11(17)12(7-10)19-15(20)13-8-2-3-9(6-8)14(13)18;/h4-5,7-9,13-14H,2-3,6,18H2,1H3,(H,19,20);1H. The fourth-order valence-corrected chi connectivity index (χ4v) is 3.81. The van der Waals surface area contributed by atoms with Crippen molar-refractivity contribution in [3.8, 4) is 0 Å². The van der Waals surface area contributed by atoms with Gasteiger partial charge in [0.1, 0.15) is 5.82 Å². The average Bonchev–Trinajstić information content (AvgIpc) is 3.09. The minimum Gasteiger partial charge on any atom is -0.465 e. The van der Waals surface area contributed by atoms with Crippen LogP contribution >= 0.6 is 12.4 Å². The molecule has 0 aromatic heterocycles. The number of anilines is 1. The van der Waals surface area contributed by atoms with Gasteiger partial charge in [0.15, 0.2) is 0 Å². The Kier molecular flexibility index (Phi) is 5.26. The number of carbonyl (C=O) groups excluding carboxylic acids is 2. The van der Waals surface area contributed by atoms with Crippen LogP contribution in [0.3, 0.4) is 0 Å². The van der Waals surface area contributed by atoms with Crippen LogP contribution in [0.5, 0.6) is 0 Å². The lowest BCUT2D eigenvalue weighted by atomic mass is 9.84. The highest BCUT2D eigenvalue weighted by Crippen LogP contribution is 2.47. The third kappa shape index (κ3) is 3.19. The zero-order valence-electron chi connectivity index (χ0n) is 12.8. The number of hydrogen-bond donors (Lipinski definition) is 2. The number of carbonyl (C=O) groups is 2. The Morgan fingerprint density at radius 3 is 2.61 bits per heavy atom. The molecule has 0 spiro atoms. The largest absolute Gasteiger partial charge is 0.465 e. The van der Waals surface area contributed by atoms with Gasteiger partial charge in [-0.3, -0.25) is 4.79 Å². The Morgan fingerprint density at radius 2 is 2.00 bits per heavy atom. The van der Waals surface area contributed by atoms with Crippen LogP contribution in [0.2, 0.25) is 0 Å². The van der Waals surface area contributed by atoms with E-state index in [2.05, 4.69) is 10.1 Å². The summed E-state index contributed by atoms with van der Waals surface area (Å²) in [6, 6.07) is 3.59. The van der Waals surface area contributed by atoms with E-state index in [-0.39, 0.29) is 47.4 Å². The second kappa shape index (κ2) is 6.84. The highest BCUT2D eigenvalue weighted by atomic mass is 35.5. The van der Waals surface area contributed by atoms with Crippen molar-refractivity contribution in [3.63, 3.8) is 0 Å². The summed E-state index contributed by atoms with van der Waals surface area (Å²) in [7, 11) is 1.25. The summed E-state index contributed by atoms with van der Waals surface area (Å²) < 4.78 is 18.5. The number of nitrogens with one attached hydrogen (secondary N) is 1. The van der Waals surface area contributed by atoms with Gasteiger partial charge in [-0.25, -0.2) is 9.18 Å². The fraction of sp³-hybridized carbons (Fsp3) is 0.500. The zero-order chi connectivity index (χ0) is 15.9. The molecule has 1 aromatic carbocycles. The summed E-state index contributed by atoms with van der Waals surface area (Å²) in [6.07, 6.45) is 3.05. The van der Waals surface area contributed by atoms with Gasteiger partial charge in [-0.05, 0) is 49.3 Å². The minimum atomic E-state index is -0.585. The lowest BCUT2D eigenvalue weighted by Gasteiger charge is -2.27. The molecule has 1 aromatic rings. The summed E-state index contributed by atoms with van der Waals surface area (Å²) in [4.78, 5) is 23.9. The first-order chi connectivity index (χ1) is 10.5. The van der Waals surface area contributed by atoms with E-state index in [0.29, 0.717) is 5.92 Å². The molecule has 7 heteroatoms. The van der Waals surface area contributed by atoms with E-state index in [1.54, 1.807) is 0 Å². The summed E-state index contributed by atoms with van der Waals surface area (Å²) >= 11 is 0. The van der Waals surface area contributed by atoms with E-state index in [9.17, 15) is 14.0 Å². The monoisotopic (exact) mass is 342 g/mol. The number of hydrogen-bond acceptors (Lipinski definition) is 4. The molecule has 5 nitrogen and oxygen atoms in total. The first-order valence-electron chi connectivity index (χ1n) is 7.45. The molecule has 0 heterocycles. The second-order valence-electron chi connectivity index (χ2n) is 6.11. The van der Waals surface area contributed by atoms with Crippen LogP contribution in [-0.2, 0) is 9.53 Å². The second-order valence-corrected chi connectivity index (χ2v) is 6.11. The average molecular weight is 343 g/mol. The van der Waals surface area contributed by atoms with Gasteiger partial charge in [0, 0.05) is 6.04 Å². The number of esters is 1. The molecular formula is C16H20ClFN2O3. The molecule has 2 aliphatic rings. The Balaban J connectivity index is 0.00000192. The Hall–Kier alpha value is -1.66. The molecule has 2 bridgehead atoms. The third-order valence-electron chi connectivity index (χ3n) is 4.93. The van der Waals surface area contributed by atoms with Crippen LogP contribution in [0, 0.1) is 23.6 Å². The van der Waals surface area contributed by atoms with Gasteiger partial charge in [0.05, 0.1) is 24.3 Å². The van der Waals surface area contributed by atoms with Gasteiger partial charge >= 0.3 is 5.97 Å². The van der Waals surface area contributed by atoms with Crippen molar-refractivity contribution in [2.45, 2.75) is 25.3 Å². The van der Waals surface area contributed by atoms with Gasteiger partial charge in [-0.2, -0.15) is 0 Å². The Labute approximate surface area is 140 Å². The predicted octanol–water partition coefficient (Wildman–Crippen LogP) is 2.35. The summed E-state index contributed by atoms with van der Waals surface area (Å²) in [6.45, 7) is 0. The fourth-order valence-electron chi connectivity index (χ4n) is 3.81. The highest BCUT2D eigenvalue weighted by Gasteiger charge is 2.49. The number of benzene rings is 1. The van der Waals surface area contributed by atoms with Crippen molar-refractivity contribution in [1.82, 2.24) is 0 Å². The summed E-state index contributed by atoms with van der Waals surface area (Å²) in [5.41, 5.74) is 6.31. The van der Waals surface area contributed by atoms with Gasteiger partial charge in [-0.15, -0.1) is 12.4 Å². The van der Waals surface area contributed by atoms with Crippen LogP contribution in [0.15, 0.2) is 18.2 Å². The van der Waals surface area contributed by atoms with Gasteiger partial charge in [-0.1, -0.05) is 0 Å². The van der Waals surface area contributed by atoms with Crippen LogP contribution in [0.25, 0.3) is 0 Å². The topological polar surface area (TPSA) is 81.4 Å². The van der Waals surface area contributed by atoms with E-state index in [1.165, 1.54) is 19.2 Å². The molecule has 2 aliphatic carbocycles. The number of nitrogens with two attached hydrogens (primary N) is 1. The lowest BCUT2D eigenvalue weighted by molar-refractivity contribution is -0.121. The Morgan fingerprint density at radius 1 is 1.30 bits per heavy atom.